The molecule has 1 unspecified atom stereocenters. The van der Waals surface area contributed by atoms with Gasteiger partial charge in [-0.05, 0) is 43.9 Å². The Labute approximate surface area is 124 Å². The maximum atomic E-state index is 11.3. The number of hydrogen-bond acceptors (Lipinski definition) is 2. The molecular weight excluding hydrogens is 266 g/mol. The Kier molecular flexibility index (Phi) is 3.29. The van der Waals surface area contributed by atoms with Gasteiger partial charge < -0.3 is 14.8 Å². The topological polar surface area (TPSA) is 62.3 Å². The molecule has 4 nitrogen and oxygen atoms in total. The summed E-state index contributed by atoms with van der Waals surface area (Å²) < 4.78 is 5.94. The molecule has 1 aliphatic heterocycles. The van der Waals surface area contributed by atoms with Gasteiger partial charge in [-0.25, -0.2) is 0 Å². The van der Waals surface area contributed by atoms with E-state index in [1.165, 1.54) is 22.1 Å². The number of carbonyl (C=O) groups is 1. The first kappa shape index (κ1) is 14.1. The highest BCUT2D eigenvalue weighted by Crippen LogP contribution is 2.42. The number of benzene rings is 1. The number of H-pyrrole nitrogens is 1. The van der Waals surface area contributed by atoms with E-state index < -0.39 is 11.6 Å². The predicted octanol–water partition coefficient (Wildman–Crippen LogP) is 3.44. The Morgan fingerprint density at radius 1 is 1.43 bits per heavy atom. The van der Waals surface area contributed by atoms with Crippen molar-refractivity contribution in [2.75, 3.05) is 6.61 Å². The van der Waals surface area contributed by atoms with E-state index in [0.29, 0.717) is 13.0 Å². The lowest BCUT2D eigenvalue weighted by atomic mass is 9.86. The molecule has 1 aliphatic rings. The first-order valence-electron chi connectivity index (χ1n) is 7.45. The fourth-order valence-electron chi connectivity index (χ4n) is 3.56. The Bertz CT molecular complexity index is 716. The second-order valence-electron chi connectivity index (χ2n) is 6.00. The van der Waals surface area contributed by atoms with Gasteiger partial charge in [0.15, 0.2) is 0 Å². The Morgan fingerprint density at radius 3 is 2.86 bits per heavy atom. The second-order valence-corrected chi connectivity index (χ2v) is 6.00. The summed E-state index contributed by atoms with van der Waals surface area (Å²) in [6.07, 6.45) is 1.48. The van der Waals surface area contributed by atoms with Gasteiger partial charge in [-0.15, -0.1) is 0 Å². The van der Waals surface area contributed by atoms with E-state index in [1.807, 2.05) is 6.92 Å². The van der Waals surface area contributed by atoms with Crippen molar-refractivity contribution in [1.82, 2.24) is 4.98 Å². The molecule has 1 atom stereocenters. The molecular formula is C17H21NO3. The molecule has 3 rings (SSSR count). The summed E-state index contributed by atoms with van der Waals surface area (Å²) in [7, 11) is 0. The van der Waals surface area contributed by atoms with E-state index >= 15 is 0 Å². The van der Waals surface area contributed by atoms with Crippen LogP contribution in [0.2, 0.25) is 0 Å². The summed E-state index contributed by atoms with van der Waals surface area (Å²) in [4.78, 5) is 14.8. The lowest BCUT2D eigenvalue weighted by Gasteiger charge is -2.35. The Hall–Kier alpha value is -1.81. The number of hydrogen-bond donors (Lipinski definition) is 2. The quantitative estimate of drug-likeness (QED) is 0.909. The number of carboxylic acids is 1. The predicted molar refractivity (Wildman–Crippen MR) is 81.7 cm³/mol. The molecule has 2 N–H and O–H groups in total. The number of aryl methyl sites for hydroxylation is 2. The molecule has 0 aliphatic carbocycles. The number of aromatic nitrogens is 1. The minimum absolute atomic E-state index is 0.00134. The van der Waals surface area contributed by atoms with Crippen LogP contribution in [-0.2, 0) is 21.6 Å². The molecule has 0 spiro atoms. The summed E-state index contributed by atoms with van der Waals surface area (Å²) in [5, 5.41) is 10.5. The zero-order chi connectivity index (χ0) is 15.2. The molecule has 2 heterocycles. The lowest BCUT2D eigenvalue weighted by molar-refractivity contribution is -0.148. The van der Waals surface area contributed by atoms with Crippen molar-refractivity contribution in [2.24, 2.45) is 0 Å². The van der Waals surface area contributed by atoms with Gasteiger partial charge in [-0.1, -0.05) is 18.6 Å². The summed E-state index contributed by atoms with van der Waals surface area (Å²) >= 11 is 0. The first-order chi connectivity index (χ1) is 9.97. The minimum atomic E-state index is -0.823. The van der Waals surface area contributed by atoms with Crippen molar-refractivity contribution >= 4 is 16.9 Å². The number of aliphatic carboxylic acids is 1. The van der Waals surface area contributed by atoms with Crippen molar-refractivity contribution in [3.8, 4) is 0 Å². The average molecular weight is 287 g/mol. The maximum Gasteiger partial charge on any atom is 0.306 e. The Balaban J connectivity index is 2.26. The largest absolute Gasteiger partial charge is 0.481 e. The monoisotopic (exact) mass is 287 g/mol. The van der Waals surface area contributed by atoms with Gasteiger partial charge in [0.1, 0.15) is 5.60 Å². The third-order valence-electron chi connectivity index (χ3n) is 4.55. The van der Waals surface area contributed by atoms with Crippen molar-refractivity contribution in [2.45, 2.75) is 45.6 Å². The van der Waals surface area contributed by atoms with Crippen LogP contribution in [0.1, 0.15) is 42.1 Å². The van der Waals surface area contributed by atoms with Gasteiger partial charge in [0.25, 0.3) is 0 Å². The molecule has 4 heteroatoms. The highest BCUT2D eigenvalue weighted by atomic mass is 16.5. The number of aromatic amines is 1. The lowest BCUT2D eigenvalue weighted by Crippen LogP contribution is -2.37. The Morgan fingerprint density at radius 2 is 2.19 bits per heavy atom. The molecule has 0 saturated carbocycles. The molecule has 21 heavy (non-hydrogen) atoms. The molecule has 1 aromatic carbocycles. The van der Waals surface area contributed by atoms with Crippen molar-refractivity contribution in [1.29, 1.82) is 0 Å². The normalized spacial score (nSPS) is 21.5. The van der Waals surface area contributed by atoms with Crippen LogP contribution in [0.15, 0.2) is 12.1 Å². The van der Waals surface area contributed by atoms with Crippen molar-refractivity contribution in [3.63, 3.8) is 0 Å². The smallest absolute Gasteiger partial charge is 0.306 e. The number of ether oxygens (including phenoxy) is 1. The van der Waals surface area contributed by atoms with Crippen LogP contribution in [0.4, 0.5) is 0 Å². The summed E-state index contributed by atoms with van der Waals surface area (Å²) in [5.74, 6) is -0.823. The fourth-order valence-corrected chi connectivity index (χ4v) is 3.56. The third kappa shape index (κ3) is 2.14. The van der Waals surface area contributed by atoms with Crippen LogP contribution >= 0.6 is 0 Å². The van der Waals surface area contributed by atoms with Crippen LogP contribution in [0, 0.1) is 13.8 Å². The van der Waals surface area contributed by atoms with Crippen molar-refractivity contribution < 1.29 is 14.6 Å². The summed E-state index contributed by atoms with van der Waals surface area (Å²) in [6, 6.07) is 4.33. The number of rotatable bonds is 3. The molecule has 1 aromatic heterocycles. The van der Waals surface area contributed by atoms with Crippen LogP contribution in [0.25, 0.3) is 10.9 Å². The standard InChI is InChI=1S/C17H21NO3/c1-4-17(9-14(19)20)16-12(5-6-21-17)13-8-10(2)7-11(3)15(13)18-16/h7-8,18H,4-6,9H2,1-3H3,(H,19,20). The minimum Gasteiger partial charge on any atom is -0.481 e. The van der Waals surface area contributed by atoms with Gasteiger partial charge >= 0.3 is 5.97 Å². The summed E-state index contributed by atoms with van der Waals surface area (Å²) in [6.45, 7) is 6.74. The van der Waals surface area contributed by atoms with E-state index in [9.17, 15) is 9.90 Å². The number of fused-ring (bicyclic) bond motifs is 3. The molecule has 0 saturated heterocycles. The van der Waals surface area contributed by atoms with E-state index in [0.717, 1.165) is 17.6 Å². The number of carboxylic acid groups (broad SMARTS) is 1. The van der Waals surface area contributed by atoms with Crippen LogP contribution in [0.5, 0.6) is 0 Å². The van der Waals surface area contributed by atoms with Gasteiger partial charge in [-0.3, -0.25) is 4.79 Å². The van der Waals surface area contributed by atoms with Gasteiger partial charge in [0.2, 0.25) is 0 Å². The molecule has 0 bridgehead atoms. The SMILES string of the molecule is CCC1(CC(=O)O)OCCc2c1[nH]c1c(C)cc(C)cc21. The zero-order valence-electron chi connectivity index (χ0n) is 12.7. The second kappa shape index (κ2) is 4.88. The van der Waals surface area contributed by atoms with E-state index in [1.54, 1.807) is 0 Å². The van der Waals surface area contributed by atoms with Gasteiger partial charge in [0, 0.05) is 10.9 Å². The molecule has 0 fully saturated rings. The van der Waals surface area contributed by atoms with Gasteiger partial charge in [0.05, 0.1) is 18.7 Å². The third-order valence-corrected chi connectivity index (χ3v) is 4.55. The van der Waals surface area contributed by atoms with Crippen molar-refractivity contribution in [3.05, 3.63) is 34.5 Å². The van der Waals surface area contributed by atoms with Crippen LogP contribution < -0.4 is 0 Å². The fraction of sp³-hybridized carbons (Fsp3) is 0.471. The molecule has 2 aromatic rings. The molecule has 0 amide bonds. The summed E-state index contributed by atoms with van der Waals surface area (Å²) in [5.41, 5.74) is 5.00. The van der Waals surface area contributed by atoms with Crippen LogP contribution in [-0.4, -0.2) is 22.7 Å². The molecule has 0 radical (unpaired) electrons. The molecule has 112 valence electrons. The number of nitrogens with one attached hydrogen (secondary N) is 1. The average Bonchev–Trinajstić information content (AvgIpc) is 2.79. The van der Waals surface area contributed by atoms with E-state index in [-0.39, 0.29) is 6.42 Å². The maximum absolute atomic E-state index is 11.3. The first-order valence-corrected chi connectivity index (χ1v) is 7.45. The van der Waals surface area contributed by atoms with Crippen LogP contribution in [0.3, 0.4) is 0 Å². The highest BCUT2D eigenvalue weighted by molar-refractivity contribution is 5.89. The van der Waals surface area contributed by atoms with E-state index in [4.69, 9.17) is 4.74 Å². The highest BCUT2D eigenvalue weighted by Gasteiger charge is 2.40. The zero-order valence-corrected chi connectivity index (χ0v) is 12.7. The van der Waals surface area contributed by atoms with Gasteiger partial charge in [-0.2, -0.15) is 0 Å². The van der Waals surface area contributed by atoms with E-state index in [2.05, 4.69) is 31.0 Å².